The van der Waals surface area contributed by atoms with E-state index in [1.165, 1.54) is 0 Å². The first-order valence-electron chi connectivity index (χ1n) is 14.2. The number of ether oxygens (including phenoxy) is 6. The van der Waals surface area contributed by atoms with Gasteiger partial charge in [0.05, 0.1) is 40.1 Å². The van der Waals surface area contributed by atoms with E-state index in [0.717, 1.165) is 28.0 Å². The van der Waals surface area contributed by atoms with Gasteiger partial charge in [-0.2, -0.15) is 0 Å². The van der Waals surface area contributed by atoms with Crippen LogP contribution in [-0.2, 0) is 50.1 Å². The lowest BCUT2D eigenvalue weighted by Crippen LogP contribution is -2.61. The molecular weight excluding hydrogens is 532 g/mol. The molecule has 0 aliphatic carbocycles. The molecule has 0 aromatic heterocycles. The SMILES string of the molecule is COc1ccc(COC[C@H]2O[C@H](O)[C@@H](OCc3ccccc3)[C@@H](OCc3ccccc3)[C@@H]2OCc2ccccc2)cc1. The molecule has 220 valence electrons. The minimum absolute atomic E-state index is 0.194. The van der Waals surface area contributed by atoms with E-state index in [4.69, 9.17) is 28.4 Å². The summed E-state index contributed by atoms with van der Waals surface area (Å²) < 4.78 is 36.8. The molecule has 5 rings (SSSR count). The highest BCUT2D eigenvalue weighted by atomic mass is 16.7. The van der Waals surface area contributed by atoms with Crippen LogP contribution in [-0.4, -0.2) is 49.5 Å². The molecule has 7 nitrogen and oxygen atoms in total. The molecular formula is C35H38O7. The maximum atomic E-state index is 11.2. The number of rotatable bonds is 14. The minimum Gasteiger partial charge on any atom is -0.497 e. The first-order chi connectivity index (χ1) is 20.7. The Morgan fingerprint density at radius 3 is 1.50 bits per heavy atom. The van der Waals surface area contributed by atoms with E-state index in [1.54, 1.807) is 7.11 Å². The highest BCUT2D eigenvalue weighted by Gasteiger charge is 2.48. The van der Waals surface area contributed by atoms with Crippen LogP contribution in [0.5, 0.6) is 5.75 Å². The number of benzene rings is 4. The molecule has 1 N–H and O–H groups in total. The van der Waals surface area contributed by atoms with Gasteiger partial charge in [0, 0.05) is 0 Å². The molecule has 5 atom stereocenters. The number of hydrogen-bond donors (Lipinski definition) is 1. The predicted octanol–water partition coefficient (Wildman–Crippen LogP) is 5.69. The van der Waals surface area contributed by atoms with Gasteiger partial charge in [-0.15, -0.1) is 0 Å². The van der Waals surface area contributed by atoms with Crippen molar-refractivity contribution in [2.75, 3.05) is 13.7 Å². The Morgan fingerprint density at radius 1 is 0.548 bits per heavy atom. The molecule has 42 heavy (non-hydrogen) atoms. The van der Waals surface area contributed by atoms with E-state index in [1.807, 2.05) is 115 Å². The summed E-state index contributed by atoms with van der Waals surface area (Å²) in [6, 6.07) is 37.4. The molecule has 0 bridgehead atoms. The number of hydrogen-bond acceptors (Lipinski definition) is 7. The molecule has 4 aromatic rings. The zero-order chi connectivity index (χ0) is 29.0. The van der Waals surface area contributed by atoms with Gasteiger partial charge in [-0.3, -0.25) is 0 Å². The molecule has 1 aliphatic rings. The van der Waals surface area contributed by atoms with Crippen molar-refractivity contribution in [3.8, 4) is 5.75 Å². The number of methoxy groups -OCH3 is 1. The summed E-state index contributed by atoms with van der Waals surface area (Å²) in [5.74, 6) is 0.784. The lowest BCUT2D eigenvalue weighted by Gasteiger charge is -2.44. The molecule has 0 unspecified atom stereocenters. The van der Waals surface area contributed by atoms with Gasteiger partial charge in [-0.25, -0.2) is 0 Å². The van der Waals surface area contributed by atoms with Crippen LogP contribution in [0.25, 0.3) is 0 Å². The van der Waals surface area contributed by atoms with E-state index < -0.39 is 30.7 Å². The summed E-state index contributed by atoms with van der Waals surface area (Å²) >= 11 is 0. The topological polar surface area (TPSA) is 75.6 Å². The lowest BCUT2D eigenvalue weighted by atomic mass is 9.98. The molecule has 7 heteroatoms. The van der Waals surface area contributed by atoms with Crippen molar-refractivity contribution in [1.82, 2.24) is 0 Å². The summed E-state index contributed by atoms with van der Waals surface area (Å²) in [6.45, 7) is 1.53. The van der Waals surface area contributed by atoms with Crippen LogP contribution >= 0.6 is 0 Å². The summed E-state index contributed by atoms with van der Waals surface area (Å²) in [5.41, 5.74) is 4.01. The second-order valence-electron chi connectivity index (χ2n) is 10.2. The highest BCUT2D eigenvalue weighted by Crippen LogP contribution is 2.30. The Balaban J connectivity index is 1.34. The van der Waals surface area contributed by atoms with E-state index in [-0.39, 0.29) is 6.61 Å². The third kappa shape index (κ3) is 8.49. The number of aliphatic hydroxyl groups is 1. The fourth-order valence-electron chi connectivity index (χ4n) is 4.91. The van der Waals surface area contributed by atoms with E-state index in [0.29, 0.717) is 26.4 Å². The average molecular weight is 571 g/mol. The second-order valence-corrected chi connectivity index (χ2v) is 10.2. The smallest absolute Gasteiger partial charge is 0.184 e. The molecule has 1 saturated heterocycles. The van der Waals surface area contributed by atoms with Gasteiger partial charge in [-0.05, 0) is 34.4 Å². The summed E-state index contributed by atoms with van der Waals surface area (Å²) in [4.78, 5) is 0. The van der Waals surface area contributed by atoms with Crippen molar-refractivity contribution in [2.45, 2.75) is 57.1 Å². The Hall–Kier alpha value is -3.56. The van der Waals surface area contributed by atoms with Gasteiger partial charge in [-0.1, -0.05) is 103 Å². The van der Waals surface area contributed by atoms with Crippen molar-refractivity contribution < 1.29 is 33.5 Å². The Morgan fingerprint density at radius 2 is 1.00 bits per heavy atom. The standard InChI is InChI=1S/C35H38O7/c1-37-30-19-17-29(18-20-30)21-38-25-31-32(39-22-26-11-5-2-6-12-26)33(40-23-27-13-7-3-8-14-27)34(35(36)42-31)41-24-28-15-9-4-10-16-28/h2-20,31-36H,21-25H2,1H3/t31-,32-,33+,34+,35+/m1/s1. The zero-order valence-corrected chi connectivity index (χ0v) is 23.8. The minimum atomic E-state index is -1.24. The summed E-state index contributed by atoms with van der Waals surface area (Å²) in [7, 11) is 1.64. The molecule has 1 aliphatic heterocycles. The van der Waals surface area contributed by atoms with Crippen molar-refractivity contribution in [1.29, 1.82) is 0 Å². The molecule has 1 fully saturated rings. The van der Waals surface area contributed by atoms with Crippen LogP contribution < -0.4 is 4.74 Å². The zero-order valence-electron chi connectivity index (χ0n) is 23.8. The predicted molar refractivity (Wildman–Crippen MR) is 159 cm³/mol. The van der Waals surface area contributed by atoms with E-state index in [2.05, 4.69) is 0 Å². The summed E-state index contributed by atoms with van der Waals surface area (Å²) in [6.07, 6.45) is -3.82. The van der Waals surface area contributed by atoms with Gasteiger partial charge in [0.1, 0.15) is 30.2 Å². The fourth-order valence-corrected chi connectivity index (χ4v) is 4.91. The molecule has 1 heterocycles. The third-order valence-electron chi connectivity index (χ3n) is 7.18. The van der Waals surface area contributed by atoms with Crippen molar-refractivity contribution in [2.24, 2.45) is 0 Å². The number of aliphatic hydroxyl groups excluding tert-OH is 1. The van der Waals surface area contributed by atoms with Crippen LogP contribution in [0.15, 0.2) is 115 Å². The second kappa shape index (κ2) is 15.6. The Bertz CT molecular complexity index is 1300. The first kappa shape index (κ1) is 29.9. The lowest BCUT2D eigenvalue weighted by molar-refractivity contribution is -0.317. The van der Waals surface area contributed by atoms with Crippen LogP contribution in [0.4, 0.5) is 0 Å². The van der Waals surface area contributed by atoms with Crippen LogP contribution in [0, 0.1) is 0 Å². The normalized spacial score (nSPS) is 22.1. The Kier molecular flexibility index (Phi) is 11.1. The average Bonchev–Trinajstić information content (AvgIpc) is 3.04. The quantitative estimate of drug-likeness (QED) is 0.209. The molecule has 0 radical (unpaired) electrons. The van der Waals surface area contributed by atoms with Crippen molar-refractivity contribution in [3.63, 3.8) is 0 Å². The maximum Gasteiger partial charge on any atom is 0.184 e. The van der Waals surface area contributed by atoms with Gasteiger partial charge in [0.15, 0.2) is 6.29 Å². The molecule has 4 aromatic carbocycles. The van der Waals surface area contributed by atoms with E-state index in [9.17, 15) is 5.11 Å². The Labute approximate surface area is 247 Å². The van der Waals surface area contributed by atoms with Crippen LogP contribution in [0.1, 0.15) is 22.3 Å². The van der Waals surface area contributed by atoms with Gasteiger partial charge in [0.25, 0.3) is 0 Å². The van der Waals surface area contributed by atoms with Crippen molar-refractivity contribution in [3.05, 3.63) is 138 Å². The first-order valence-corrected chi connectivity index (χ1v) is 14.2. The molecule has 0 saturated carbocycles. The van der Waals surface area contributed by atoms with E-state index >= 15 is 0 Å². The molecule has 0 spiro atoms. The third-order valence-corrected chi connectivity index (χ3v) is 7.18. The van der Waals surface area contributed by atoms with Gasteiger partial charge < -0.3 is 33.5 Å². The molecule has 0 amide bonds. The van der Waals surface area contributed by atoms with Crippen molar-refractivity contribution >= 4 is 0 Å². The van der Waals surface area contributed by atoms with Gasteiger partial charge >= 0.3 is 0 Å². The highest BCUT2D eigenvalue weighted by molar-refractivity contribution is 5.26. The maximum absolute atomic E-state index is 11.2. The largest absolute Gasteiger partial charge is 0.497 e. The van der Waals surface area contributed by atoms with Crippen LogP contribution in [0.2, 0.25) is 0 Å². The monoisotopic (exact) mass is 570 g/mol. The van der Waals surface area contributed by atoms with Gasteiger partial charge in [0.2, 0.25) is 0 Å². The summed E-state index contributed by atoms with van der Waals surface area (Å²) in [5, 5.41) is 11.2. The fraction of sp³-hybridized carbons (Fsp3) is 0.314. The van der Waals surface area contributed by atoms with Crippen LogP contribution in [0.3, 0.4) is 0 Å².